The fourth-order valence-corrected chi connectivity index (χ4v) is 3.31. The van der Waals surface area contributed by atoms with Gasteiger partial charge in [0.1, 0.15) is 11.6 Å². The van der Waals surface area contributed by atoms with E-state index in [2.05, 4.69) is 26.3 Å². The van der Waals surface area contributed by atoms with E-state index in [-0.39, 0.29) is 17.7 Å². The summed E-state index contributed by atoms with van der Waals surface area (Å²) in [6, 6.07) is 5.75. The average Bonchev–Trinajstić information content (AvgIpc) is 3.43. The molecule has 0 bridgehead atoms. The highest BCUT2D eigenvalue weighted by molar-refractivity contribution is 5.98. The van der Waals surface area contributed by atoms with E-state index < -0.39 is 0 Å². The fourth-order valence-electron chi connectivity index (χ4n) is 3.31. The van der Waals surface area contributed by atoms with Gasteiger partial charge >= 0.3 is 0 Å². The van der Waals surface area contributed by atoms with Gasteiger partial charge in [-0.1, -0.05) is 0 Å². The number of pyridine rings is 3. The molecule has 1 saturated carbocycles. The quantitative estimate of drug-likeness (QED) is 0.637. The number of nitrogen functional groups attached to an aromatic ring is 2. The van der Waals surface area contributed by atoms with Crippen LogP contribution < -0.4 is 16.8 Å². The number of nitrogens with two attached hydrogens (primary N) is 2. The molecule has 8 nitrogen and oxygen atoms in total. The molecule has 3 aromatic heterocycles. The lowest BCUT2D eigenvalue weighted by Gasteiger charge is -2.11. The Morgan fingerprint density at radius 2 is 2.14 bits per heavy atom. The Morgan fingerprint density at radius 1 is 1.32 bits per heavy atom. The summed E-state index contributed by atoms with van der Waals surface area (Å²) in [6.45, 7) is 1.90. The summed E-state index contributed by atoms with van der Waals surface area (Å²) in [6.07, 6.45) is 6.04. The number of nitrogens with one attached hydrogen (secondary N) is 1. The Bertz CT molecular complexity index is 1140. The second kappa shape index (κ2) is 6.78. The SMILES string of the molecule is Cc1c(N)cncc1-c1cc2cc(NC(=O)C3CC3CC#N)ncc2c(N)n1. The van der Waals surface area contributed by atoms with Crippen LogP contribution in [-0.4, -0.2) is 20.9 Å². The van der Waals surface area contributed by atoms with Gasteiger partial charge in [0.15, 0.2) is 0 Å². The molecule has 0 aromatic carbocycles. The van der Waals surface area contributed by atoms with E-state index in [1.807, 2.05) is 13.0 Å². The largest absolute Gasteiger partial charge is 0.397 e. The van der Waals surface area contributed by atoms with Crippen molar-refractivity contribution in [1.29, 1.82) is 5.26 Å². The van der Waals surface area contributed by atoms with Crippen LogP contribution in [0.4, 0.5) is 17.3 Å². The van der Waals surface area contributed by atoms with Crippen molar-refractivity contribution in [3.8, 4) is 17.3 Å². The van der Waals surface area contributed by atoms with Crippen molar-refractivity contribution >= 4 is 34.0 Å². The maximum Gasteiger partial charge on any atom is 0.228 e. The second-order valence-corrected chi connectivity index (χ2v) is 7.04. The number of rotatable bonds is 4. The van der Waals surface area contributed by atoms with Crippen LogP contribution in [0.5, 0.6) is 0 Å². The van der Waals surface area contributed by atoms with E-state index >= 15 is 0 Å². The number of nitriles is 1. The third-order valence-corrected chi connectivity index (χ3v) is 5.14. The Labute approximate surface area is 161 Å². The Morgan fingerprint density at radius 3 is 2.93 bits per heavy atom. The minimum Gasteiger partial charge on any atom is -0.397 e. The van der Waals surface area contributed by atoms with Crippen LogP contribution >= 0.6 is 0 Å². The smallest absolute Gasteiger partial charge is 0.228 e. The van der Waals surface area contributed by atoms with Crippen molar-refractivity contribution in [2.24, 2.45) is 11.8 Å². The Hall–Kier alpha value is -3.73. The molecule has 1 fully saturated rings. The van der Waals surface area contributed by atoms with E-state index in [1.54, 1.807) is 24.7 Å². The van der Waals surface area contributed by atoms with E-state index in [1.165, 1.54) is 0 Å². The van der Waals surface area contributed by atoms with Gasteiger partial charge in [0.05, 0.1) is 23.6 Å². The lowest BCUT2D eigenvalue weighted by Crippen LogP contribution is -2.15. The van der Waals surface area contributed by atoms with Crippen molar-refractivity contribution < 1.29 is 4.79 Å². The molecule has 0 spiro atoms. The molecule has 1 aliphatic carbocycles. The second-order valence-electron chi connectivity index (χ2n) is 7.04. The van der Waals surface area contributed by atoms with E-state index in [0.717, 1.165) is 22.9 Å². The lowest BCUT2D eigenvalue weighted by molar-refractivity contribution is -0.117. The predicted octanol–water partition coefficient (Wildman–Crippen LogP) is 2.65. The van der Waals surface area contributed by atoms with Crippen LogP contribution in [0, 0.1) is 30.1 Å². The number of anilines is 3. The highest BCUT2D eigenvalue weighted by Gasteiger charge is 2.42. The molecule has 3 heterocycles. The van der Waals surface area contributed by atoms with Crippen LogP contribution in [0.25, 0.3) is 22.0 Å². The number of amides is 1. The van der Waals surface area contributed by atoms with Crippen molar-refractivity contribution in [1.82, 2.24) is 15.0 Å². The Balaban J connectivity index is 1.66. The first-order valence-corrected chi connectivity index (χ1v) is 8.92. The minimum absolute atomic E-state index is 0.106. The first-order valence-electron chi connectivity index (χ1n) is 8.92. The molecule has 0 aliphatic heterocycles. The van der Waals surface area contributed by atoms with Crippen molar-refractivity contribution in [2.45, 2.75) is 19.8 Å². The van der Waals surface area contributed by atoms with Gasteiger partial charge in [-0.15, -0.1) is 0 Å². The molecule has 0 radical (unpaired) electrons. The molecule has 2 atom stereocenters. The minimum atomic E-state index is -0.115. The van der Waals surface area contributed by atoms with Gasteiger partial charge in [0.25, 0.3) is 0 Å². The zero-order valence-electron chi connectivity index (χ0n) is 15.3. The van der Waals surface area contributed by atoms with Crippen LogP contribution in [0.3, 0.4) is 0 Å². The monoisotopic (exact) mass is 373 g/mol. The molecule has 140 valence electrons. The van der Waals surface area contributed by atoms with Crippen LogP contribution in [-0.2, 0) is 4.79 Å². The molecule has 8 heteroatoms. The molecular weight excluding hydrogens is 354 g/mol. The standard InChI is InChI=1S/C20H19N7O/c1-10-14(7-24-9-16(10)22)17-5-12-6-18(25-8-15(12)19(23)26-17)27-20(28)13-4-11(13)2-3-21/h5-9,11,13H,2,4,22H2,1H3,(H2,23,26)(H,25,27,28). The van der Waals surface area contributed by atoms with E-state index in [9.17, 15) is 4.79 Å². The zero-order chi connectivity index (χ0) is 19.8. The molecule has 1 amide bonds. The molecule has 5 N–H and O–H groups in total. The molecular formula is C20H19N7O. The highest BCUT2D eigenvalue weighted by atomic mass is 16.2. The van der Waals surface area contributed by atoms with Crippen LogP contribution in [0.15, 0.2) is 30.7 Å². The van der Waals surface area contributed by atoms with Crippen molar-refractivity contribution in [3.05, 3.63) is 36.3 Å². The van der Waals surface area contributed by atoms with Gasteiger partial charge in [-0.25, -0.2) is 9.97 Å². The average molecular weight is 373 g/mol. The number of carbonyl (C=O) groups excluding carboxylic acids is 1. The fraction of sp³-hybridized carbons (Fsp3) is 0.250. The first-order chi connectivity index (χ1) is 13.5. The van der Waals surface area contributed by atoms with Gasteiger partial charge in [-0.05, 0) is 42.3 Å². The summed E-state index contributed by atoms with van der Waals surface area (Å²) in [4.78, 5) is 25.2. The number of hydrogen-bond donors (Lipinski definition) is 3. The number of hydrogen-bond acceptors (Lipinski definition) is 7. The van der Waals surface area contributed by atoms with Crippen molar-refractivity contribution in [2.75, 3.05) is 16.8 Å². The molecule has 28 heavy (non-hydrogen) atoms. The summed E-state index contributed by atoms with van der Waals surface area (Å²) in [5.74, 6) is 0.715. The van der Waals surface area contributed by atoms with E-state index in [4.69, 9.17) is 16.7 Å². The number of fused-ring (bicyclic) bond motifs is 1. The third-order valence-electron chi connectivity index (χ3n) is 5.14. The van der Waals surface area contributed by atoms with Gasteiger partial charge < -0.3 is 16.8 Å². The molecule has 2 unspecified atom stereocenters. The highest BCUT2D eigenvalue weighted by Crippen LogP contribution is 2.41. The molecule has 4 rings (SSSR count). The molecule has 3 aromatic rings. The lowest BCUT2D eigenvalue weighted by atomic mass is 10.0. The predicted molar refractivity (Wildman–Crippen MR) is 107 cm³/mol. The summed E-state index contributed by atoms with van der Waals surface area (Å²) in [7, 11) is 0. The van der Waals surface area contributed by atoms with Gasteiger partial charge in [0.2, 0.25) is 5.91 Å². The maximum absolute atomic E-state index is 12.3. The molecule has 1 aliphatic rings. The van der Waals surface area contributed by atoms with Crippen molar-refractivity contribution in [3.63, 3.8) is 0 Å². The number of carbonyl (C=O) groups is 1. The number of nitrogens with zero attached hydrogens (tertiary/aromatic N) is 4. The maximum atomic E-state index is 12.3. The van der Waals surface area contributed by atoms with E-state index in [0.29, 0.717) is 34.8 Å². The van der Waals surface area contributed by atoms with Gasteiger partial charge in [-0.2, -0.15) is 5.26 Å². The number of aromatic nitrogens is 3. The summed E-state index contributed by atoms with van der Waals surface area (Å²) in [5, 5.41) is 13.1. The summed E-state index contributed by atoms with van der Waals surface area (Å²) < 4.78 is 0. The topological polar surface area (TPSA) is 144 Å². The normalized spacial score (nSPS) is 17.9. The third kappa shape index (κ3) is 3.18. The first kappa shape index (κ1) is 17.7. The molecule has 0 saturated heterocycles. The summed E-state index contributed by atoms with van der Waals surface area (Å²) in [5.41, 5.74) is 15.0. The Kier molecular flexibility index (Phi) is 4.28. The van der Waals surface area contributed by atoms with Gasteiger partial charge in [0, 0.05) is 35.7 Å². The van der Waals surface area contributed by atoms with Crippen LogP contribution in [0.1, 0.15) is 18.4 Å². The zero-order valence-corrected chi connectivity index (χ0v) is 15.3. The van der Waals surface area contributed by atoms with Crippen LogP contribution in [0.2, 0.25) is 0 Å². The van der Waals surface area contributed by atoms with Gasteiger partial charge in [-0.3, -0.25) is 9.78 Å². The summed E-state index contributed by atoms with van der Waals surface area (Å²) >= 11 is 0.